The van der Waals surface area contributed by atoms with Crippen LogP contribution in [0.3, 0.4) is 0 Å². The minimum Gasteiger partial charge on any atom is -0.390 e. The van der Waals surface area contributed by atoms with Crippen LogP contribution in [0.5, 0.6) is 0 Å². The zero-order chi connectivity index (χ0) is 21.9. The Hall–Kier alpha value is -0.340. The van der Waals surface area contributed by atoms with Crippen LogP contribution in [0.15, 0.2) is 11.6 Å². The van der Waals surface area contributed by atoms with Gasteiger partial charge in [0.2, 0.25) is 0 Å². The van der Waals surface area contributed by atoms with Crippen molar-refractivity contribution in [2.45, 2.75) is 123 Å². The van der Waals surface area contributed by atoms with E-state index in [0.717, 1.165) is 55.8 Å². The van der Waals surface area contributed by atoms with Crippen molar-refractivity contribution in [2.24, 2.45) is 40.4 Å². The molecule has 0 spiro atoms. The Morgan fingerprint density at radius 3 is 2.50 bits per heavy atom. The molecular weight excluding hydrogens is 368 g/mol. The summed E-state index contributed by atoms with van der Waals surface area (Å²) in [6, 6.07) is 0. The highest BCUT2D eigenvalue weighted by Gasteiger charge is 2.59. The molecule has 0 aromatic heterocycles. The Balaban J connectivity index is 1.52. The van der Waals surface area contributed by atoms with E-state index in [2.05, 4.69) is 33.8 Å². The molecule has 4 unspecified atom stereocenters. The Kier molecular flexibility index (Phi) is 5.80. The zero-order valence-corrected chi connectivity index (χ0v) is 20.6. The molecule has 0 heterocycles. The third-order valence-corrected chi connectivity index (χ3v) is 10.9. The van der Waals surface area contributed by atoms with Gasteiger partial charge in [-0.1, -0.05) is 39.3 Å². The molecule has 0 amide bonds. The van der Waals surface area contributed by atoms with Crippen LogP contribution in [-0.2, 0) is 0 Å². The van der Waals surface area contributed by atoms with Gasteiger partial charge in [0.15, 0.2) is 0 Å². The molecule has 0 radical (unpaired) electrons. The molecule has 30 heavy (non-hydrogen) atoms. The Labute approximate surface area is 185 Å². The number of rotatable bonds is 5. The van der Waals surface area contributed by atoms with E-state index in [-0.39, 0.29) is 0 Å². The summed E-state index contributed by atoms with van der Waals surface area (Å²) in [6.07, 6.45) is 15.4. The van der Waals surface area contributed by atoms with E-state index < -0.39 is 11.2 Å². The van der Waals surface area contributed by atoms with E-state index in [9.17, 15) is 10.2 Å². The van der Waals surface area contributed by atoms with Crippen LogP contribution < -0.4 is 0 Å². The summed E-state index contributed by atoms with van der Waals surface area (Å²) in [5, 5.41) is 21.2. The molecule has 4 rings (SSSR count). The molecule has 0 aliphatic heterocycles. The average molecular weight is 417 g/mol. The standard InChI is InChI=1S/C28H48O2/c1-7-28(30)17-16-26(5)20(18-28)8-9-21-23-11-10-22(19(2)12-14-25(3,4)29)27(23,6)15-13-24(21)26/h8,19,21-24,29-30H,7,9-18H2,1-6H3/t19-,21?,22-,23?,24?,26?,27-,28-/m1/s1. The molecule has 4 aliphatic rings. The highest BCUT2D eigenvalue weighted by Crippen LogP contribution is 2.67. The van der Waals surface area contributed by atoms with Gasteiger partial charge >= 0.3 is 0 Å². The van der Waals surface area contributed by atoms with Gasteiger partial charge in [-0.3, -0.25) is 0 Å². The zero-order valence-electron chi connectivity index (χ0n) is 20.6. The largest absolute Gasteiger partial charge is 0.390 e. The van der Waals surface area contributed by atoms with Crippen LogP contribution in [0.25, 0.3) is 0 Å². The lowest BCUT2D eigenvalue weighted by Gasteiger charge is -2.59. The van der Waals surface area contributed by atoms with Gasteiger partial charge in [0.05, 0.1) is 11.2 Å². The van der Waals surface area contributed by atoms with Crippen molar-refractivity contribution in [1.29, 1.82) is 0 Å². The molecule has 172 valence electrons. The third-order valence-electron chi connectivity index (χ3n) is 10.9. The van der Waals surface area contributed by atoms with Crippen LogP contribution >= 0.6 is 0 Å². The van der Waals surface area contributed by atoms with E-state index >= 15 is 0 Å². The predicted molar refractivity (Wildman–Crippen MR) is 125 cm³/mol. The van der Waals surface area contributed by atoms with Gasteiger partial charge in [-0.25, -0.2) is 0 Å². The molecular formula is C28H48O2. The summed E-state index contributed by atoms with van der Waals surface area (Å²) < 4.78 is 0. The molecule has 3 fully saturated rings. The van der Waals surface area contributed by atoms with E-state index in [1.807, 2.05) is 13.8 Å². The molecule has 2 heteroatoms. The number of fused-ring (bicyclic) bond motifs is 5. The first-order valence-corrected chi connectivity index (χ1v) is 13.1. The Morgan fingerprint density at radius 2 is 1.83 bits per heavy atom. The molecule has 0 aromatic carbocycles. The lowest BCUT2D eigenvalue weighted by Crippen LogP contribution is -2.52. The van der Waals surface area contributed by atoms with Crippen LogP contribution in [0, 0.1) is 40.4 Å². The lowest BCUT2D eigenvalue weighted by atomic mass is 9.46. The van der Waals surface area contributed by atoms with Crippen molar-refractivity contribution < 1.29 is 10.2 Å². The number of hydrogen-bond acceptors (Lipinski definition) is 2. The third kappa shape index (κ3) is 3.72. The molecule has 2 nitrogen and oxygen atoms in total. The van der Waals surface area contributed by atoms with E-state index in [1.165, 1.54) is 38.5 Å². The fraction of sp³-hybridized carbons (Fsp3) is 0.929. The van der Waals surface area contributed by atoms with Gasteiger partial charge in [-0.15, -0.1) is 0 Å². The minimum absolute atomic E-state index is 0.330. The average Bonchev–Trinajstić information content (AvgIpc) is 3.03. The van der Waals surface area contributed by atoms with Crippen molar-refractivity contribution in [2.75, 3.05) is 0 Å². The van der Waals surface area contributed by atoms with Crippen LogP contribution in [0.4, 0.5) is 0 Å². The summed E-state index contributed by atoms with van der Waals surface area (Å²) in [6.45, 7) is 13.7. The second-order valence-electron chi connectivity index (χ2n) is 13.1. The Morgan fingerprint density at radius 1 is 1.10 bits per heavy atom. The van der Waals surface area contributed by atoms with Crippen LogP contribution in [-0.4, -0.2) is 21.4 Å². The van der Waals surface area contributed by atoms with Crippen molar-refractivity contribution in [3.8, 4) is 0 Å². The first-order chi connectivity index (χ1) is 13.9. The second-order valence-corrected chi connectivity index (χ2v) is 13.1. The summed E-state index contributed by atoms with van der Waals surface area (Å²) >= 11 is 0. The number of allylic oxidation sites excluding steroid dienone is 1. The fourth-order valence-corrected chi connectivity index (χ4v) is 8.77. The normalized spacial score (nSPS) is 47.1. The van der Waals surface area contributed by atoms with Crippen molar-refractivity contribution in [3.05, 3.63) is 11.6 Å². The fourth-order valence-electron chi connectivity index (χ4n) is 8.77. The molecule has 4 aliphatic carbocycles. The predicted octanol–water partition coefficient (Wildman–Crippen LogP) is 6.89. The Bertz CT molecular complexity index is 675. The smallest absolute Gasteiger partial charge is 0.0682 e. The second kappa shape index (κ2) is 7.62. The quantitative estimate of drug-likeness (QED) is 0.479. The topological polar surface area (TPSA) is 40.5 Å². The lowest BCUT2D eigenvalue weighted by molar-refractivity contribution is -0.0761. The first kappa shape index (κ1) is 22.8. The van der Waals surface area contributed by atoms with Gasteiger partial charge < -0.3 is 10.2 Å². The van der Waals surface area contributed by atoms with E-state index in [1.54, 1.807) is 5.57 Å². The van der Waals surface area contributed by atoms with Gasteiger partial charge in [0, 0.05) is 0 Å². The maximum atomic E-state index is 11.0. The summed E-state index contributed by atoms with van der Waals surface area (Å²) in [5.74, 6) is 4.06. The molecule has 0 bridgehead atoms. The molecule has 2 N–H and O–H groups in total. The monoisotopic (exact) mass is 416 g/mol. The van der Waals surface area contributed by atoms with E-state index in [0.29, 0.717) is 16.7 Å². The maximum absolute atomic E-state index is 11.0. The van der Waals surface area contributed by atoms with Gasteiger partial charge in [0.25, 0.3) is 0 Å². The van der Waals surface area contributed by atoms with Crippen molar-refractivity contribution in [3.63, 3.8) is 0 Å². The van der Waals surface area contributed by atoms with Crippen molar-refractivity contribution in [1.82, 2.24) is 0 Å². The first-order valence-electron chi connectivity index (χ1n) is 13.1. The number of hydrogen-bond donors (Lipinski definition) is 2. The summed E-state index contributed by atoms with van der Waals surface area (Å²) in [5.41, 5.74) is 1.42. The van der Waals surface area contributed by atoms with Crippen LogP contribution in [0.1, 0.15) is 112 Å². The van der Waals surface area contributed by atoms with Gasteiger partial charge in [-0.05, 0) is 125 Å². The molecule has 0 saturated heterocycles. The molecule has 8 atom stereocenters. The van der Waals surface area contributed by atoms with Crippen molar-refractivity contribution >= 4 is 0 Å². The maximum Gasteiger partial charge on any atom is 0.0682 e. The highest BCUT2D eigenvalue weighted by molar-refractivity contribution is 5.27. The molecule has 3 saturated carbocycles. The summed E-state index contributed by atoms with van der Waals surface area (Å²) in [7, 11) is 0. The van der Waals surface area contributed by atoms with E-state index in [4.69, 9.17) is 0 Å². The summed E-state index contributed by atoms with van der Waals surface area (Å²) in [4.78, 5) is 0. The minimum atomic E-state index is -0.536. The van der Waals surface area contributed by atoms with Crippen LogP contribution in [0.2, 0.25) is 0 Å². The highest BCUT2D eigenvalue weighted by atomic mass is 16.3. The molecule has 0 aromatic rings. The SMILES string of the molecule is CC[C@@]1(O)CCC2(C)C(=CCC3C2CC[C@@]2(C)C3CC[C@@H]2[C@H](C)CCC(C)(C)O)C1. The van der Waals surface area contributed by atoms with Gasteiger partial charge in [0.1, 0.15) is 0 Å². The number of aliphatic hydroxyl groups is 2. The van der Waals surface area contributed by atoms with Gasteiger partial charge in [-0.2, -0.15) is 0 Å².